The van der Waals surface area contributed by atoms with Crippen molar-refractivity contribution in [3.05, 3.63) is 46.5 Å². The number of hydrogen-bond acceptors (Lipinski definition) is 4. The Kier molecular flexibility index (Phi) is 3.17. The van der Waals surface area contributed by atoms with E-state index in [2.05, 4.69) is 11.9 Å². The second-order valence-electron chi connectivity index (χ2n) is 2.85. The maximum Gasteiger partial charge on any atom is 0.271 e. The van der Waals surface area contributed by atoms with Crippen LogP contribution >= 0.6 is 0 Å². The fourth-order valence-corrected chi connectivity index (χ4v) is 1.20. The summed E-state index contributed by atoms with van der Waals surface area (Å²) in [4.78, 5) is 10.1. The van der Waals surface area contributed by atoms with Crippen LogP contribution in [0.5, 0.6) is 0 Å². The van der Waals surface area contributed by atoms with Gasteiger partial charge < -0.3 is 10.7 Å². The summed E-state index contributed by atoms with van der Waals surface area (Å²) in [6.45, 7) is 3.48. The van der Waals surface area contributed by atoms with Crippen molar-refractivity contribution in [1.29, 1.82) is 5.41 Å². The van der Waals surface area contributed by atoms with Crippen LogP contribution < -0.4 is 5.32 Å². The fraction of sp³-hybridized carbons (Fsp3) is 0.100. The maximum atomic E-state index is 10.5. The van der Waals surface area contributed by atoms with Gasteiger partial charge in [0, 0.05) is 24.7 Å². The summed E-state index contributed by atoms with van der Waals surface area (Å²) in [6, 6.07) is 4.30. The van der Waals surface area contributed by atoms with Gasteiger partial charge in [0.05, 0.1) is 16.3 Å². The average molecular weight is 205 g/mol. The first kappa shape index (κ1) is 10.9. The van der Waals surface area contributed by atoms with Gasteiger partial charge in [0.1, 0.15) is 0 Å². The molecule has 1 aromatic carbocycles. The predicted octanol–water partition coefficient (Wildman–Crippen LogP) is 2.19. The Morgan fingerprint density at radius 1 is 1.67 bits per heavy atom. The molecule has 0 aliphatic carbocycles. The van der Waals surface area contributed by atoms with E-state index in [0.717, 1.165) is 0 Å². The number of nitrogens with zero attached hydrogens (tertiary/aromatic N) is 1. The van der Waals surface area contributed by atoms with Crippen molar-refractivity contribution in [3.63, 3.8) is 0 Å². The largest absolute Gasteiger partial charge is 0.387 e. The lowest BCUT2D eigenvalue weighted by atomic mass is 10.1. The monoisotopic (exact) mass is 205 g/mol. The topological polar surface area (TPSA) is 79.0 Å². The highest BCUT2D eigenvalue weighted by molar-refractivity contribution is 6.10. The second-order valence-corrected chi connectivity index (χ2v) is 2.85. The molecular weight excluding hydrogens is 194 g/mol. The molecule has 2 N–H and O–H groups in total. The highest BCUT2D eigenvalue weighted by atomic mass is 16.6. The van der Waals surface area contributed by atoms with E-state index >= 15 is 0 Å². The molecule has 0 atom stereocenters. The fourth-order valence-electron chi connectivity index (χ4n) is 1.20. The van der Waals surface area contributed by atoms with E-state index in [0.29, 0.717) is 11.3 Å². The van der Waals surface area contributed by atoms with Crippen LogP contribution in [0.25, 0.3) is 0 Å². The average Bonchev–Trinajstić information content (AvgIpc) is 2.27. The number of allylic oxidation sites excluding steroid dienone is 1. The number of nitro benzene ring substituents is 1. The van der Waals surface area contributed by atoms with Crippen molar-refractivity contribution in [2.45, 2.75) is 0 Å². The van der Waals surface area contributed by atoms with Crippen molar-refractivity contribution < 1.29 is 4.92 Å². The summed E-state index contributed by atoms with van der Waals surface area (Å²) in [5.41, 5.74) is 1.38. The Labute approximate surface area is 87.1 Å². The van der Waals surface area contributed by atoms with Gasteiger partial charge in [0.2, 0.25) is 0 Å². The molecule has 0 aliphatic heterocycles. The number of nitrogens with one attached hydrogen (secondary N) is 2. The quantitative estimate of drug-likeness (QED) is 0.449. The Bertz CT molecular complexity index is 427. The molecule has 0 fully saturated rings. The van der Waals surface area contributed by atoms with Crippen LogP contribution in [0, 0.1) is 15.5 Å². The third-order valence-electron chi connectivity index (χ3n) is 1.98. The summed E-state index contributed by atoms with van der Waals surface area (Å²) < 4.78 is 0. The van der Waals surface area contributed by atoms with Crippen LogP contribution in [0.4, 0.5) is 11.4 Å². The number of hydrogen-bond donors (Lipinski definition) is 2. The summed E-state index contributed by atoms with van der Waals surface area (Å²) in [5, 5.41) is 20.9. The number of rotatable bonds is 4. The molecule has 1 aromatic rings. The predicted molar refractivity (Wildman–Crippen MR) is 59.7 cm³/mol. The zero-order valence-electron chi connectivity index (χ0n) is 8.28. The number of non-ortho nitro benzene ring substituents is 1. The second kappa shape index (κ2) is 4.36. The molecule has 0 aliphatic rings. The summed E-state index contributed by atoms with van der Waals surface area (Å²) in [5.74, 6) is 0. The molecule has 0 radical (unpaired) electrons. The minimum absolute atomic E-state index is 0.0000350. The Hall–Kier alpha value is -2.17. The molecule has 0 unspecified atom stereocenters. The Morgan fingerprint density at radius 3 is 2.80 bits per heavy atom. The van der Waals surface area contributed by atoms with Crippen molar-refractivity contribution in [2.75, 3.05) is 12.4 Å². The van der Waals surface area contributed by atoms with E-state index in [9.17, 15) is 10.1 Å². The molecule has 78 valence electrons. The maximum absolute atomic E-state index is 10.5. The summed E-state index contributed by atoms with van der Waals surface area (Å²) in [7, 11) is 1.65. The highest BCUT2D eigenvalue weighted by Gasteiger charge is 2.11. The van der Waals surface area contributed by atoms with Gasteiger partial charge in [-0.05, 0) is 12.1 Å². The minimum Gasteiger partial charge on any atom is -0.387 e. The Balaban J connectivity index is 3.26. The van der Waals surface area contributed by atoms with Crippen LogP contribution in [-0.2, 0) is 0 Å². The van der Waals surface area contributed by atoms with Crippen molar-refractivity contribution >= 4 is 17.1 Å². The van der Waals surface area contributed by atoms with E-state index in [1.54, 1.807) is 7.05 Å². The summed E-state index contributed by atoms with van der Waals surface area (Å²) >= 11 is 0. The van der Waals surface area contributed by atoms with Gasteiger partial charge in [-0.3, -0.25) is 10.1 Å². The molecule has 5 heteroatoms. The van der Waals surface area contributed by atoms with Gasteiger partial charge in [0.25, 0.3) is 5.69 Å². The minimum atomic E-state index is -0.470. The lowest BCUT2D eigenvalue weighted by Crippen LogP contribution is -2.02. The standard InChI is InChI=1S/C10H11N3O2/c1-3-9(11)8-5-4-7(13(14)15)6-10(8)12-2/h3-6,11-12H,1H2,2H3. The van der Waals surface area contributed by atoms with Crippen LogP contribution in [-0.4, -0.2) is 17.7 Å². The van der Waals surface area contributed by atoms with E-state index in [4.69, 9.17) is 5.41 Å². The molecule has 0 bridgehead atoms. The van der Waals surface area contributed by atoms with Crippen LogP contribution in [0.2, 0.25) is 0 Å². The zero-order chi connectivity index (χ0) is 11.4. The highest BCUT2D eigenvalue weighted by Crippen LogP contribution is 2.22. The zero-order valence-corrected chi connectivity index (χ0v) is 8.28. The lowest BCUT2D eigenvalue weighted by molar-refractivity contribution is -0.384. The lowest BCUT2D eigenvalue weighted by Gasteiger charge is -2.07. The van der Waals surface area contributed by atoms with Gasteiger partial charge >= 0.3 is 0 Å². The van der Waals surface area contributed by atoms with Crippen LogP contribution in [0.1, 0.15) is 5.56 Å². The molecule has 0 aromatic heterocycles. The number of anilines is 1. The molecule has 0 amide bonds. The van der Waals surface area contributed by atoms with Crippen molar-refractivity contribution in [1.82, 2.24) is 0 Å². The smallest absolute Gasteiger partial charge is 0.271 e. The first-order chi connectivity index (χ1) is 7.10. The Morgan fingerprint density at radius 2 is 2.33 bits per heavy atom. The molecule has 5 nitrogen and oxygen atoms in total. The van der Waals surface area contributed by atoms with Crippen LogP contribution in [0.3, 0.4) is 0 Å². The van der Waals surface area contributed by atoms with Crippen molar-refractivity contribution in [3.8, 4) is 0 Å². The molecule has 15 heavy (non-hydrogen) atoms. The summed E-state index contributed by atoms with van der Waals surface area (Å²) in [6.07, 6.45) is 1.39. The van der Waals surface area contributed by atoms with Crippen molar-refractivity contribution in [2.24, 2.45) is 0 Å². The van der Waals surface area contributed by atoms with Gasteiger partial charge in [-0.1, -0.05) is 6.58 Å². The van der Waals surface area contributed by atoms with Gasteiger partial charge in [-0.25, -0.2) is 0 Å². The van der Waals surface area contributed by atoms with Gasteiger partial charge in [0.15, 0.2) is 0 Å². The third kappa shape index (κ3) is 2.19. The van der Waals surface area contributed by atoms with Gasteiger partial charge in [-0.2, -0.15) is 0 Å². The van der Waals surface area contributed by atoms with E-state index in [1.807, 2.05) is 0 Å². The van der Waals surface area contributed by atoms with E-state index < -0.39 is 4.92 Å². The third-order valence-corrected chi connectivity index (χ3v) is 1.98. The molecule has 0 spiro atoms. The first-order valence-corrected chi connectivity index (χ1v) is 4.27. The molecule has 0 heterocycles. The van der Waals surface area contributed by atoms with Gasteiger partial charge in [-0.15, -0.1) is 0 Å². The molecule has 0 saturated heterocycles. The number of benzene rings is 1. The molecular formula is C10H11N3O2. The van der Waals surface area contributed by atoms with Crippen LogP contribution in [0.15, 0.2) is 30.9 Å². The first-order valence-electron chi connectivity index (χ1n) is 4.27. The normalized spacial score (nSPS) is 9.40. The van der Waals surface area contributed by atoms with E-state index in [-0.39, 0.29) is 11.4 Å². The van der Waals surface area contributed by atoms with E-state index in [1.165, 1.54) is 24.3 Å². The SMILES string of the molecule is C=CC(=N)c1ccc([N+](=O)[O-])cc1NC. The molecule has 0 saturated carbocycles. The molecule has 1 rings (SSSR count). The number of nitro groups is 1.